The number of aryl methyl sites for hydroxylation is 2. The van der Waals surface area contributed by atoms with Gasteiger partial charge in [-0.25, -0.2) is 0 Å². The average molecular weight is 383 g/mol. The van der Waals surface area contributed by atoms with Crippen molar-refractivity contribution in [1.29, 1.82) is 0 Å². The van der Waals surface area contributed by atoms with Crippen LogP contribution in [0.25, 0.3) is 0 Å². The number of carbonyl (C=O) groups excluding carboxylic acids is 1. The molecule has 1 amide bonds. The maximum absolute atomic E-state index is 13.3. The summed E-state index contributed by atoms with van der Waals surface area (Å²) in [5.41, 5.74) is 4.26. The van der Waals surface area contributed by atoms with Gasteiger partial charge in [0.05, 0.1) is 26.7 Å². The Hall–Kier alpha value is -3.02. The Labute approximate surface area is 164 Å². The van der Waals surface area contributed by atoms with Gasteiger partial charge in [-0.2, -0.15) is 0 Å². The molecule has 0 aromatic heterocycles. The lowest BCUT2D eigenvalue weighted by molar-refractivity contribution is -0.138. The van der Waals surface area contributed by atoms with Crippen molar-refractivity contribution in [2.24, 2.45) is 0 Å². The van der Waals surface area contributed by atoms with E-state index in [9.17, 15) is 14.7 Å². The summed E-state index contributed by atoms with van der Waals surface area (Å²) in [7, 11) is 3.11. The first-order valence-corrected chi connectivity index (χ1v) is 9.20. The van der Waals surface area contributed by atoms with Gasteiger partial charge < -0.3 is 19.5 Å². The van der Waals surface area contributed by atoms with E-state index in [1.54, 1.807) is 18.1 Å². The summed E-state index contributed by atoms with van der Waals surface area (Å²) in [5, 5.41) is 9.49. The van der Waals surface area contributed by atoms with Gasteiger partial charge in [-0.3, -0.25) is 9.59 Å². The highest BCUT2D eigenvalue weighted by Crippen LogP contribution is 2.40. The van der Waals surface area contributed by atoms with Gasteiger partial charge in [-0.1, -0.05) is 17.7 Å². The predicted molar refractivity (Wildman–Crippen MR) is 105 cm³/mol. The number of benzene rings is 2. The van der Waals surface area contributed by atoms with E-state index < -0.39 is 12.0 Å². The van der Waals surface area contributed by atoms with Gasteiger partial charge in [-0.05, 0) is 55.2 Å². The highest BCUT2D eigenvalue weighted by molar-refractivity contribution is 5.96. The highest BCUT2D eigenvalue weighted by Gasteiger charge is 2.34. The quantitative estimate of drug-likeness (QED) is 0.855. The number of amides is 1. The summed E-state index contributed by atoms with van der Waals surface area (Å²) in [5.74, 6) is 0.0292. The lowest BCUT2D eigenvalue weighted by atomic mass is 9.89. The zero-order valence-corrected chi connectivity index (χ0v) is 16.6. The van der Waals surface area contributed by atoms with Gasteiger partial charge >= 0.3 is 5.97 Å². The molecule has 1 aliphatic heterocycles. The maximum Gasteiger partial charge on any atom is 0.305 e. The Bertz CT molecular complexity index is 921. The molecule has 148 valence electrons. The molecule has 1 aliphatic rings. The van der Waals surface area contributed by atoms with Crippen molar-refractivity contribution in [2.75, 3.05) is 20.8 Å². The number of nitrogens with zero attached hydrogens (tertiary/aromatic N) is 1. The van der Waals surface area contributed by atoms with Crippen molar-refractivity contribution in [1.82, 2.24) is 4.90 Å². The minimum Gasteiger partial charge on any atom is -0.493 e. The Morgan fingerprint density at radius 1 is 1.11 bits per heavy atom. The van der Waals surface area contributed by atoms with E-state index >= 15 is 0 Å². The summed E-state index contributed by atoms with van der Waals surface area (Å²) in [6.07, 6.45) is 0.460. The number of carbonyl (C=O) groups is 2. The Morgan fingerprint density at radius 2 is 1.79 bits per heavy atom. The average Bonchev–Trinajstić information content (AvgIpc) is 2.68. The van der Waals surface area contributed by atoms with E-state index in [0.717, 1.165) is 22.3 Å². The van der Waals surface area contributed by atoms with Gasteiger partial charge in [0.25, 0.3) is 5.91 Å². The third kappa shape index (κ3) is 3.67. The van der Waals surface area contributed by atoms with E-state index in [1.165, 1.54) is 7.11 Å². The van der Waals surface area contributed by atoms with E-state index in [1.807, 2.05) is 38.1 Å². The van der Waals surface area contributed by atoms with Crippen LogP contribution in [0, 0.1) is 13.8 Å². The van der Waals surface area contributed by atoms with Crippen LogP contribution in [0.1, 0.15) is 45.1 Å². The first-order valence-electron chi connectivity index (χ1n) is 9.20. The first-order chi connectivity index (χ1) is 13.3. The van der Waals surface area contributed by atoms with Gasteiger partial charge in [0, 0.05) is 12.1 Å². The summed E-state index contributed by atoms with van der Waals surface area (Å²) >= 11 is 0. The van der Waals surface area contributed by atoms with Gasteiger partial charge in [0.2, 0.25) is 0 Å². The lowest BCUT2D eigenvalue weighted by Gasteiger charge is -2.37. The Balaban J connectivity index is 2.07. The molecule has 1 N–H and O–H groups in total. The van der Waals surface area contributed by atoms with Crippen LogP contribution in [0.15, 0.2) is 30.3 Å². The molecule has 0 fully saturated rings. The fourth-order valence-corrected chi connectivity index (χ4v) is 3.78. The van der Waals surface area contributed by atoms with Crippen LogP contribution >= 0.6 is 0 Å². The molecule has 1 heterocycles. The molecule has 1 atom stereocenters. The van der Waals surface area contributed by atoms with E-state index in [2.05, 4.69) is 0 Å². The number of ether oxygens (including phenoxy) is 2. The number of carboxylic acid groups (broad SMARTS) is 1. The zero-order chi connectivity index (χ0) is 20.4. The van der Waals surface area contributed by atoms with Gasteiger partial charge in [0.15, 0.2) is 11.5 Å². The van der Waals surface area contributed by atoms with E-state index in [0.29, 0.717) is 30.0 Å². The molecule has 0 saturated carbocycles. The molecule has 0 bridgehead atoms. The van der Waals surface area contributed by atoms with Gasteiger partial charge in [-0.15, -0.1) is 0 Å². The number of aliphatic carboxylic acids is 1. The number of rotatable bonds is 5. The van der Waals surface area contributed by atoms with Crippen molar-refractivity contribution in [3.8, 4) is 11.5 Å². The topological polar surface area (TPSA) is 76.1 Å². The van der Waals surface area contributed by atoms with Crippen LogP contribution in [0.3, 0.4) is 0 Å². The maximum atomic E-state index is 13.3. The standard InChI is InChI=1S/C22H25NO5/c1-13-5-6-14(2)16(9-13)22(26)23-8-7-15-10-19(27-3)20(28-4)11-17(15)18(23)12-21(24)25/h5-6,9-11,18H,7-8,12H2,1-4H3,(H,24,25). The number of hydrogen-bond acceptors (Lipinski definition) is 4. The molecular formula is C22H25NO5. The molecule has 0 spiro atoms. The van der Waals surface area contributed by atoms with Crippen LogP contribution in [0.2, 0.25) is 0 Å². The van der Waals surface area contributed by atoms with Crippen molar-refractivity contribution in [3.05, 3.63) is 58.1 Å². The lowest BCUT2D eigenvalue weighted by Crippen LogP contribution is -2.41. The molecule has 6 heteroatoms. The fourth-order valence-electron chi connectivity index (χ4n) is 3.78. The van der Waals surface area contributed by atoms with Crippen LogP contribution < -0.4 is 9.47 Å². The third-order valence-electron chi connectivity index (χ3n) is 5.25. The molecule has 3 rings (SSSR count). The summed E-state index contributed by atoms with van der Waals surface area (Å²) in [6, 6.07) is 8.85. The summed E-state index contributed by atoms with van der Waals surface area (Å²) in [4.78, 5) is 26.6. The zero-order valence-electron chi connectivity index (χ0n) is 16.6. The van der Waals surface area contributed by atoms with Crippen LogP contribution in [0.5, 0.6) is 11.5 Å². The second-order valence-corrected chi connectivity index (χ2v) is 7.09. The molecule has 0 aliphatic carbocycles. The van der Waals surface area contributed by atoms with Crippen LogP contribution in [-0.2, 0) is 11.2 Å². The smallest absolute Gasteiger partial charge is 0.305 e. The minimum atomic E-state index is -0.952. The molecule has 0 saturated heterocycles. The molecule has 2 aromatic rings. The Kier molecular flexibility index (Phi) is 5.58. The Morgan fingerprint density at radius 3 is 2.43 bits per heavy atom. The number of methoxy groups -OCH3 is 2. The molecule has 0 radical (unpaired) electrons. The number of hydrogen-bond donors (Lipinski definition) is 1. The third-order valence-corrected chi connectivity index (χ3v) is 5.25. The first kappa shape index (κ1) is 19.7. The highest BCUT2D eigenvalue weighted by atomic mass is 16.5. The number of fused-ring (bicyclic) bond motifs is 1. The number of carboxylic acids is 1. The molecule has 6 nitrogen and oxygen atoms in total. The molecule has 2 aromatic carbocycles. The SMILES string of the molecule is COc1cc2c(cc1OC)C(CC(=O)O)N(C(=O)c1cc(C)ccc1C)CC2. The largest absolute Gasteiger partial charge is 0.493 e. The van der Waals surface area contributed by atoms with Crippen LogP contribution in [-0.4, -0.2) is 42.6 Å². The predicted octanol–water partition coefficient (Wildman–Crippen LogP) is 3.53. The molecule has 28 heavy (non-hydrogen) atoms. The summed E-state index contributed by atoms with van der Waals surface area (Å²) < 4.78 is 10.8. The fraction of sp³-hybridized carbons (Fsp3) is 0.364. The van der Waals surface area contributed by atoms with Crippen molar-refractivity contribution < 1.29 is 24.2 Å². The molecule has 1 unspecified atom stereocenters. The van der Waals surface area contributed by atoms with Crippen LogP contribution in [0.4, 0.5) is 0 Å². The second kappa shape index (κ2) is 7.92. The van der Waals surface area contributed by atoms with E-state index in [-0.39, 0.29) is 12.3 Å². The van der Waals surface area contributed by atoms with Crippen molar-refractivity contribution in [2.45, 2.75) is 32.7 Å². The van der Waals surface area contributed by atoms with Crippen molar-refractivity contribution in [3.63, 3.8) is 0 Å². The molecular weight excluding hydrogens is 358 g/mol. The minimum absolute atomic E-state index is 0.145. The van der Waals surface area contributed by atoms with Crippen molar-refractivity contribution >= 4 is 11.9 Å². The second-order valence-electron chi connectivity index (χ2n) is 7.09. The normalized spacial score (nSPS) is 15.7. The van der Waals surface area contributed by atoms with Gasteiger partial charge in [0.1, 0.15) is 0 Å². The monoisotopic (exact) mass is 383 g/mol. The summed E-state index contributed by atoms with van der Waals surface area (Å²) in [6.45, 7) is 4.28. The van der Waals surface area contributed by atoms with E-state index in [4.69, 9.17) is 9.47 Å².